The van der Waals surface area contributed by atoms with Crippen LogP contribution in [0.15, 0.2) is 24.3 Å². The van der Waals surface area contributed by atoms with Gasteiger partial charge in [0.15, 0.2) is 0 Å². The molecule has 6 nitrogen and oxygen atoms in total. The zero-order chi connectivity index (χ0) is 15.2. The molecule has 2 rings (SSSR count). The van der Waals surface area contributed by atoms with Gasteiger partial charge in [-0.05, 0) is 18.1 Å². The zero-order valence-corrected chi connectivity index (χ0v) is 12.4. The smallest absolute Gasteiger partial charge is 0.321 e. The number of carbonyl (C=O) groups is 2. The van der Waals surface area contributed by atoms with Crippen LogP contribution in [-0.2, 0) is 22.0 Å². The van der Waals surface area contributed by atoms with Gasteiger partial charge in [0.1, 0.15) is 0 Å². The molecule has 1 heterocycles. The maximum absolute atomic E-state index is 12.2. The Morgan fingerprint density at radius 2 is 1.90 bits per heavy atom. The molecule has 1 fully saturated rings. The number of aryl methyl sites for hydroxylation is 1. The quantitative estimate of drug-likeness (QED) is 0.877. The molecular weight excluding hydrogens is 292 g/mol. The third kappa shape index (κ3) is 4.56. The van der Waals surface area contributed by atoms with Crippen molar-refractivity contribution in [3.63, 3.8) is 0 Å². The fraction of sp³-hybridized carbons (Fsp3) is 0.429. The predicted octanol–water partition coefficient (Wildman–Crippen LogP) is 1.30. The predicted molar refractivity (Wildman–Crippen MR) is 80.9 cm³/mol. The normalized spacial score (nSPS) is 15.7. The van der Waals surface area contributed by atoms with Gasteiger partial charge in [-0.2, -0.15) is 0 Å². The number of carboxylic acids is 1. The van der Waals surface area contributed by atoms with E-state index in [0.717, 1.165) is 5.56 Å². The van der Waals surface area contributed by atoms with Gasteiger partial charge in [-0.1, -0.05) is 18.2 Å². The number of hydrogen-bond donors (Lipinski definition) is 2. The highest BCUT2D eigenvalue weighted by molar-refractivity contribution is 7.85. The molecule has 0 aromatic heterocycles. The Morgan fingerprint density at radius 3 is 2.57 bits per heavy atom. The van der Waals surface area contributed by atoms with Crippen LogP contribution in [-0.4, -0.2) is 50.8 Å². The highest BCUT2D eigenvalue weighted by Crippen LogP contribution is 2.18. The number of urea groups is 1. The van der Waals surface area contributed by atoms with Crippen LogP contribution in [0.25, 0.3) is 0 Å². The maximum atomic E-state index is 12.2. The van der Waals surface area contributed by atoms with Gasteiger partial charge in [0.2, 0.25) is 0 Å². The first-order valence-electron chi connectivity index (χ1n) is 6.77. The van der Waals surface area contributed by atoms with Crippen molar-refractivity contribution in [3.05, 3.63) is 29.8 Å². The van der Waals surface area contributed by atoms with E-state index in [-0.39, 0.29) is 12.5 Å². The Kier molecular flexibility index (Phi) is 5.32. The average Bonchev–Trinajstić information content (AvgIpc) is 2.47. The van der Waals surface area contributed by atoms with E-state index in [2.05, 4.69) is 5.32 Å². The minimum absolute atomic E-state index is 0.0234. The summed E-state index contributed by atoms with van der Waals surface area (Å²) in [6.07, 6.45) is 0.394. The molecule has 0 unspecified atom stereocenters. The average molecular weight is 310 g/mol. The van der Waals surface area contributed by atoms with Gasteiger partial charge in [0.05, 0.1) is 0 Å². The molecule has 1 saturated heterocycles. The molecule has 1 aliphatic heterocycles. The van der Waals surface area contributed by atoms with E-state index in [1.165, 1.54) is 0 Å². The molecular formula is C14H18N2O4S. The fourth-order valence-corrected chi connectivity index (χ4v) is 3.19. The molecule has 0 bridgehead atoms. The summed E-state index contributed by atoms with van der Waals surface area (Å²) in [4.78, 5) is 24.5. The largest absolute Gasteiger partial charge is 0.481 e. The molecule has 2 N–H and O–H groups in total. The Bertz CT molecular complexity index is 552. The van der Waals surface area contributed by atoms with Crippen LogP contribution < -0.4 is 5.32 Å². The number of anilines is 1. The summed E-state index contributed by atoms with van der Waals surface area (Å²) < 4.78 is 11.3. The summed E-state index contributed by atoms with van der Waals surface area (Å²) >= 11 is 0. The van der Waals surface area contributed by atoms with Gasteiger partial charge < -0.3 is 15.3 Å². The van der Waals surface area contributed by atoms with Crippen molar-refractivity contribution in [1.29, 1.82) is 0 Å². The number of hydrogen-bond acceptors (Lipinski definition) is 3. The van der Waals surface area contributed by atoms with E-state index in [4.69, 9.17) is 5.11 Å². The van der Waals surface area contributed by atoms with E-state index in [0.29, 0.717) is 36.7 Å². The van der Waals surface area contributed by atoms with Gasteiger partial charge >= 0.3 is 12.0 Å². The Balaban J connectivity index is 2.00. The van der Waals surface area contributed by atoms with Crippen molar-refractivity contribution in [3.8, 4) is 0 Å². The molecule has 0 aliphatic carbocycles. The zero-order valence-electron chi connectivity index (χ0n) is 11.6. The Morgan fingerprint density at radius 1 is 1.24 bits per heavy atom. The number of carboxylic acid groups (broad SMARTS) is 1. The molecule has 0 atom stereocenters. The molecule has 1 aromatic rings. The summed E-state index contributed by atoms with van der Waals surface area (Å²) in [7, 11) is -0.824. The topological polar surface area (TPSA) is 86.7 Å². The van der Waals surface area contributed by atoms with Crippen LogP contribution in [0.3, 0.4) is 0 Å². The van der Waals surface area contributed by atoms with Crippen LogP contribution in [0.1, 0.15) is 12.0 Å². The van der Waals surface area contributed by atoms with Gasteiger partial charge in [-0.15, -0.1) is 0 Å². The van der Waals surface area contributed by atoms with E-state index in [9.17, 15) is 13.8 Å². The number of nitrogens with zero attached hydrogens (tertiary/aromatic N) is 1. The number of aliphatic carboxylic acids is 1. The molecule has 21 heavy (non-hydrogen) atoms. The molecule has 1 aliphatic rings. The summed E-state index contributed by atoms with van der Waals surface area (Å²) in [5.74, 6) is 0.150. The number of amides is 2. The Hall–Kier alpha value is -1.89. The van der Waals surface area contributed by atoms with E-state index in [1.54, 1.807) is 17.0 Å². The lowest BCUT2D eigenvalue weighted by atomic mass is 10.1. The minimum atomic E-state index is -0.866. The maximum Gasteiger partial charge on any atom is 0.321 e. The van der Waals surface area contributed by atoms with Crippen LogP contribution in [0, 0.1) is 0 Å². The van der Waals surface area contributed by atoms with Crippen molar-refractivity contribution in [1.82, 2.24) is 4.90 Å². The molecule has 0 radical (unpaired) electrons. The first kappa shape index (κ1) is 15.5. The number of para-hydroxylation sites is 1. The molecule has 2 amide bonds. The number of nitrogens with one attached hydrogen (secondary N) is 1. The summed E-state index contributed by atoms with van der Waals surface area (Å²) in [6, 6.07) is 6.96. The van der Waals surface area contributed by atoms with Crippen molar-refractivity contribution < 1.29 is 18.9 Å². The van der Waals surface area contributed by atoms with Crippen LogP contribution in [0.2, 0.25) is 0 Å². The van der Waals surface area contributed by atoms with Gasteiger partial charge in [0.25, 0.3) is 0 Å². The van der Waals surface area contributed by atoms with Gasteiger partial charge in [-0.3, -0.25) is 9.00 Å². The summed E-state index contributed by atoms with van der Waals surface area (Å²) in [5.41, 5.74) is 1.43. The fourth-order valence-electron chi connectivity index (χ4n) is 2.14. The van der Waals surface area contributed by atoms with Crippen molar-refractivity contribution >= 4 is 28.5 Å². The van der Waals surface area contributed by atoms with Gasteiger partial charge in [0, 0.05) is 47.5 Å². The monoisotopic (exact) mass is 310 g/mol. The van der Waals surface area contributed by atoms with Gasteiger partial charge in [-0.25, -0.2) is 4.79 Å². The highest BCUT2D eigenvalue weighted by Gasteiger charge is 2.20. The van der Waals surface area contributed by atoms with Crippen molar-refractivity contribution in [2.75, 3.05) is 29.9 Å². The minimum Gasteiger partial charge on any atom is -0.481 e. The number of benzene rings is 1. The lowest BCUT2D eigenvalue weighted by molar-refractivity contribution is -0.136. The third-order valence-electron chi connectivity index (χ3n) is 3.33. The van der Waals surface area contributed by atoms with Crippen molar-refractivity contribution in [2.45, 2.75) is 12.8 Å². The third-order valence-corrected chi connectivity index (χ3v) is 4.61. The molecule has 114 valence electrons. The van der Waals surface area contributed by atoms with E-state index >= 15 is 0 Å². The lowest BCUT2D eigenvalue weighted by Gasteiger charge is -2.26. The SMILES string of the molecule is O=C(O)CCc1ccccc1NC(=O)N1CCS(=O)CC1. The van der Waals surface area contributed by atoms with Crippen LogP contribution in [0.4, 0.5) is 10.5 Å². The number of rotatable bonds is 4. The molecule has 0 saturated carbocycles. The first-order chi connectivity index (χ1) is 10.1. The van der Waals surface area contributed by atoms with E-state index < -0.39 is 16.8 Å². The van der Waals surface area contributed by atoms with Crippen molar-refractivity contribution in [2.24, 2.45) is 0 Å². The lowest BCUT2D eigenvalue weighted by Crippen LogP contribution is -2.44. The second kappa shape index (κ2) is 7.21. The van der Waals surface area contributed by atoms with Crippen LogP contribution >= 0.6 is 0 Å². The molecule has 0 spiro atoms. The first-order valence-corrected chi connectivity index (χ1v) is 8.25. The Labute approximate surface area is 125 Å². The molecule has 7 heteroatoms. The number of carbonyl (C=O) groups excluding carboxylic acids is 1. The van der Waals surface area contributed by atoms with E-state index in [1.807, 2.05) is 12.1 Å². The molecule has 1 aromatic carbocycles. The summed E-state index contributed by atoms with van der Waals surface area (Å²) in [6.45, 7) is 0.964. The van der Waals surface area contributed by atoms with Crippen LogP contribution in [0.5, 0.6) is 0 Å². The standard InChI is InChI=1S/C14H18N2O4S/c17-13(18)6-5-11-3-1-2-4-12(11)15-14(19)16-7-9-21(20)10-8-16/h1-4H,5-10H2,(H,15,19)(H,17,18). The summed E-state index contributed by atoms with van der Waals surface area (Å²) in [5, 5.41) is 11.6. The highest BCUT2D eigenvalue weighted by atomic mass is 32.2. The second-order valence-electron chi connectivity index (χ2n) is 4.82. The second-order valence-corrected chi connectivity index (χ2v) is 6.51.